The van der Waals surface area contributed by atoms with Crippen molar-refractivity contribution in [3.05, 3.63) is 0 Å². The van der Waals surface area contributed by atoms with Gasteiger partial charge in [0.1, 0.15) is 0 Å². The molecular formula is C12H25NO2Si. The normalized spacial score (nSPS) is 25.7. The van der Waals surface area contributed by atoms with E-state index < -0.39 is 9.45 Å². The van der Waals surface area contributed by atoms with Crippen molar-refractivity contribution >= 4 is 9.45 Å². The first-order chi connectivity index (χ1) is 7.80. The Morgan fingerprint density at radius 1 is 1.00 bits per heavy atom. The summed E-state index contributed by atoms with van der Waals surface area (Å²) in [4.78, 5) is 3.77. The Morgan fingerprint density at radius 3 is 2.06 bits per heavy atom. The standard InChI is InChI=1S/C12H25NO2Si/c1-14-16(15-2)13-12(9-5-6-10-12)11-7-3-4-8-11/h11,13,16H,3-10H2,1-2H3. The molecule has 2 rings (SSSR count). The van der Waals surface area contributed by atoms with E-state index >= 15 is 0 Å². The van der Waals surface area contributed by atoms with Crippen LogP contribution in [-0.2, 0) is 8.85 Å². The van der Waals surface area contributed by atoms with Gasteiger partial charge in [0.25, 0.3) is 0 Å². The molecule has 0 spiro atoms. The molecule has 0 amide bonds. The highest BCUT2D eigenvalue weighted by Gasteiger charge is 2.43. The van der Waals surface area contributed by atoms with E-state index in [-0.39, 0.29) is 0 Å². The summed E-state index contributed by atoms with van der Waals surface area (Å²) in [6.07, 6.45) is 11.0. The van der Waals surface area contributed by atoms with Crippen molar-refractivity contribution in [3.63, 3.8) is 0 Å². The van der Waals surface area contributed by atoms with E-state index in [1.165, 1.54) is 51.4 Å². The van der Waals surface area contributed by atoms with Crippen LogP contribution in [-0.4, -0.2) is 29.2 Å². The molecule has 0 aromatic carbocycles. The summed E-state index contributed by atoms with van der Waals surface area (Å²) in [5.41, 5.74) is 0.361. The molecule has 2 aliphatic carbocycles. The van der Waals surface area contributed by atoms with E-state index in [0.717, 1.165) is 5.92 Å². The highest BCUT2D eigenvalue weighted by molar-refractivity contribution is 6.41. The van der Waals surface area contributed by atoms with Crippen LogP contribution >= 0.6 is 0 Å². The van der Waals surface area contributed by atoms with Gasteiger partial charge in [0, 0.05) is 19.8 Å². The average molecular weight is 243 g/mol. The van der Waals surface area contributed by atoms with E-state index in [0.29, 0.717) is 5.54 Å². The lowest BCUT2D eigenvalue weighted by Crippen LogP contribution is -2.56. The van der Waals surface area contributed by atoms with Crippen LogP contribution in [0, 0.1) is 5.92 Å². The molecule has 2 fully saturated rings. The van der Waals surface area contributed by atoms with Crippen LogP contribution in [0.15, 0.2) is 0 Å². The second-order valence-corrected chi connectivity index (χ2v) is 7.19. The molecule has 0 aromatic heterocycles. The van der Waals surface area contributed by atoms with Gasteiger partial charge in [-0.05, 0) is 31.6 Å². The van der Waals surface area contributed by atoms with Gasteiger partial charge < -0.3 is 8.85 Å². The molecule has 0 unspecified atom stereocenters. The van der Waals surface area contributed by atoms with Crippen molar-refractivity contribution in [2.45, 2.75) is 56.9 Å². The van der Waals surface area contributed by atoms with Crippen molar-refractivity contribution < 1.29 is 8.85 Å². The lowest BCUT2D eigenvalue weighted by molar-refractivity contribution is 0.193. The Kier molecular flexibility index (Phi) is 4.41. The number of nitrogens with one attached hydrogen (secondary N) is 1. The summed E-state index contributed by atoms with van der Waals surface area (Å²) in [6.45, 7) is 0. The molecule has 3 nitrogen and oxygen atoms in total. The monoisotopic (exact) mass is 243 g/mol. The molecule has 0 atom stereocenters. The maximum Gasteiger partial charge on any atom is 0.408 e. The fourth-order valence-electron chi connectivity index (χ4n) is 3.60. The third-order valence-electron chi connectivity index (χ3n) is 4.47. The van der Waals surface area contributed by atoms with Crippen LogP contribution in [0.3, 0.4) is 0 Å². The fraction of sp³-hybridized carbons (Fsp3) is 1.00. The number of rotatable bonds is 5. The quantitative estimate of drug-likeness (QED) is 0.750. The van der Waals surface area contributed by atoms with Gasteiger partial charge in [0.2, 0.25) is 0 Å². The van der Waals surface area contributed by atoms with Gasteiger partial charge in [-0.1, -0.05) is 25.7 Å². The molecule has 0 aromatic rings. The van der Waals surface area contributed by atoms with E-state index in [4.69, 9.17) is 8.85 Å². The topological polar surface area (TPSA) is 30.5 Å². The second kappa shape index (κ2) is 5.62. The van der Waals surface area contributed by atoms with Crippen molar-refractivity contribution in [2.75, 3.05) is 14.2 Å². The zero-order chi connectivity index (χ0) is 11.4. The summed E-state index contributed by atoms with van der Waals surface area (Å²) >= 11 is 0. The second-order valence-electron chi connectivity index (χ2n) is 5.29. The lowest BCUT2D eigenvalue weighted by Gasteiger charge is -2.38. The highest BCUT2D eigenvalue weighted by Crippen LogP contribution is 2.43. The maximum absolute atomic E-state index is 5.45. The van der Waals surface area contributed by atoms with Crippen LogP contribution in [0.5, 0.6) is 0 Å². The minimum Gasteiger partial charge on any atom is -0.388 e. The molecule has 0 aliphatic heterocycles. The summed E-state index contributed by atoms with van der Waals surface area (Å²) in [6, 6.07) is 0. The predicted octanol–water partition coefficient (Wildman–Crippen LogP) is 2.09. The van der Waals surface area contributed by atoms with Crippen molar-refractivity contribution in [3.8, 4) is 0 Å². The van der Waals surface area contributed by atoms with E-state index in [1.54, 1.807) is 14.2 Å². The lowest BCUT2D eigenvalue weighted by atomic mass is 9.82. The van der Waals surface area contributed by atoms with E-state index in [9.17, 15) is 0 Å². The average Bonchev–Trinajstić information content (AvgIpc) is 2.97. The van der Waals surface area contributed by atoms with Gasteiger partial charge in [-0.25, -0.2) is 0 Å². The van der Waals surface area contributed by atoms with Gasteiger partial charge in [-0.15, -0.1) is 0 Å². The molecule has 0 saturated heterocycles. The number of hydrogen-bond acceptors (Lipinski definition) is 3. The molecule has 0 bridgehead atoms. The van der Waals surface area contributed by atoms with Gasteiger partial charge in [-0.2, -0.15) is 0 Å². The zero-order valence-corrected chi connectivity index (χ0v) is 11.8. The van der Waals surface area contributed by atoms with Crippen LogP contribution < -0.4 is 4.98 Å². The van der Waals surface area contributed by atoms with E-state index in [1.807, 2.05) is 0 Å². The zero-order valence-electron chi connectivity index (χ0n) is 10.6. The SMILES string of the molecule is CO[SiH](NC1(C2CCCC2)CCCC1)OC. The summed E-state index contributed by atoms with van der Waals surface area (Å²) in [5.74, 6) is 0.871. The van der Waals surface area contributed by atoms with Crippen LogP contribution in [0.4, 0.5) is 0 Å². The largest absolute Gasteiger partial charge is 0.408 e. The Balaban J connectivity index is 2.02. The molecule has 2 aliphatic rings. The molecule has 4 heteroatoms. The Morgan fingerprint density at radius 2 is 1.56 bits per heavy atom. The third-order valence-corrected chi connectivity index (χ3v) is 6.13. The molecule has 1 N–H and O–H groups in total. The highest BCUT2D eigenvalue weighted by atomic mass is 28.3. The van der Waals surface area contributed by atoms with Gasteiger partial charge in [0.15, 0.2) is 0 Å². The van der Waals surface area contributed by atoms with Crippen molar-refractivity contribution in [1.82, 2.24) is 4.98 Å². The predicted molar refractivity (Wildman–Crippen MR) is 67.5 cm³/mol. The Bertz CT molecular complexity index is 209. The van der Waals surface area contributed by atoms with E-state index in [2.05, 4.69) is 4.98 Å². The molecule has 2 saturated carbocycles. The Hall–Kier alpha value is 0.0969. The maximum atomic E-state index is 5.45. The molecule has 94 valence electrons. The number of hydrogen-bond donors (Lipinski definition) is 1. The van der Waals surface area contributed by atoms with Crippen molar-refractivity contribution in [2.24, 2.45) is 5.92 Å². The first kappa shape index (κ1) is 12.6. The van der Waals surface area contributed by atoms with Crippen LogP contribution in [0.1, 0.15) is 51.4 Å². The van der Waals surface area contributed by atoms with Crippen LogP contribution in [0.25, 0.3) is 0 Å². The minimum atomic E-state index is -1.62. The molecular weight excluding hydrogens is 218 g/mol. The molecule has 0 radical (unpaired) electrons. The smallest absolute Gasteiger partial charge is 0.388 e. The van der Waals surface area contributed by atoms with Crippen LogP contribution in [0.2, 0.25) is 0 Å². The van der Waals surface area contributed by atoms with Gasteiger partial charge >= 0.3 is 9.45 Å². The van der Waals surface area contributed by atoms with Gasteiger partial charge in [-0.3, -0.25) is 4.98 Å². The Labute approximate surface area is 101 Å². The molecule has 0 heterocycles. The minimum absolute atomic E-state index is 0.361. The first-order valence-corrected chi connectivity index (χ1v) is 8.16. The van der Waals surface area contributed by atoms with Gasteiger partial charge in [0.05, 0.1) is 0 Å². The summed E-state index contributed by atoms with van der Waals surface area (Å²) in [7, 11) is 1.92. The van der Waals surface area contributed by atoms with Crippen molar-refractivity contribution in [1.29, 1.82) is 0 Å². The first-order valence-electron chi connectivity index (χ1n) is 6.64. The molecule has 16 heavy (non-hydrogen) atoms. The fourth-order valence-corrected chi connectivity index (χ4v) is 5.03. The third kappa shape index (κ3) is 2.50. The summed E-state index contributed by atoms with van der Waals surface area (Å²) < 4.78 is 10.9. The summed E-state index contributed by atoms with van der Waals surface area (Å²) in [5, 5.41) is 0.